The summed E-state index contributed by atoms with van der Waals surface area (Å²) in [4.78, 5) is 1.10. The van der Waals surface area contributed by atoms with E-state index in [1.807, 2.05) is 25.3 Å². The maximum Gasteiger partial charge on any atom is 0.145 e. The standard InChI is InChI=1S/C14H16FNOS/c1-9-3-4-11(15)7-12(9)17-13(8-16)14-10(2)5-6-18-14/h3-7,13H,8,16H2,1-2H3. The third-order valence-corrected chi connectivity index (χ3v) is 3.94. The molecule has 4 heteroatoms. The van der Waals surface area contributed by atoms with Crippen molar-refractivity contribution in [1.29, 1.82) is 0 Å². The van der Waals surface area contributed by atoms with E-state index in [0.29, 0.717) is 12.3 Å². The van der Waals surface area contributed by atoms with Gasteiger partial charge in [-0.05, 0) is 42.5 Å². The van der Waals surface area contributed by atoms with Gasteiger partial charge < -0.3 is 10.5 Å². The van der Waals surface area contributed by atoms with Crippen molar-refractivity contribution >= 4 is 11.3 Å². The van der Waals surface area contributed by atoms with Crippen LogP contribution in [0.25, 0.3) is 0 Å². The lowest BCUT2D eigenvalue weighted by atomic mass is 10.2. The van der Waals surface area contributed by atoms with Crippen molar-refractivity contribution in [3.8, 4) is 5.75 Å². The van der Waals surface area contributed by atoms with E-state index in [4.69, 9.17) is 10.5 Å². The normalized spacial score (nSPS) is 12.4. The summed E-state index contributed by atoms with van der Waals surface area (Å²) < 4.78 is 19.1. The first-order valence-electron chi connectivity index (χ1n) is 5.78. The Hall–Kier alpha value is -1.39. The molecule has 1 aromatic heterocycles. The quantitative estimate of drug-likeness (QED) is 0.917. The molecule has 0 saturated carbocycles. The minimum atomic E-state index is -0.297. The molecule has 0 saturated heterocycles. The molecule has 2 N–H and O–H groups in total. The molecule has 0 radical (unpaired) electrons. The van der Waals surface area contributed by atoms with Crippen molar-refractivity contribution in [2.75, 3.05) is 6.54 Å². The van der Waals surface area contributed by atoms with Crippen LogP contribution in [0.2, 0.25) is 0 Å². The molecular weight excluding hydrogens is 249 g/mol. The number of thiophene rings is 1. The number of nitrogens with two attached hydrogens (primary N) is 1. The van der Waals surface area contributed by atoms with E-state index in [9.17, 15) is 4.39 Å². The molecule has 2 aromatic rings. The largest absolute Gasteiger partial charge is 0.483 e. The second kappa shape index (κ2) is 5.50. The van der Waals surface area contributed by atoms with E-state index in [0.717, 1.165) is 16.0 Å². The molecule has 0 spiro atoms. The zero-order chi connectivity index (χ0) is 13.1. The second-order valence-corrected chi connectivity index (χ2v) is 5.17. The van der Waals surface area contributed by atoms with E-state index in [-0.39, 0.29) is 11.9 Å². The molecule has 0 fully saturated rings. The Morgan fingerprint density at radius 3 is 2.67 bits per heavy atom. The molecule has 0 bridgehead atoms. The van der Waals surface area contributed by atoms with Gasteiger partial charge in [-0.3, -0.25) is 0 Å². The average molecular weight is 265 g/mol. The summed E-state index contributed by atoms with van der Waals surface area (Å²) in [6.45, 7) is 4.29. The van der Waals surface area contributed by atoms with Gasteiger partial charge in [-0.25, -0.2) is 4.39 Å². The smallest absolute Gasteiger partial charge is 0.145 e. The molecule has 96 valence electrons. The molecule has 0 amide bonds. The molecule has 0 aliphatic heterocycles. The van der Waals surface area contributed by atoms with Gasteiger partial charge in [0.25, 0.3) is 0 Å². The Morgan fingerprint density at radius 1 is 1.28 bits per heavy atom. The summed E-state index contributed by atoms with van der Waals surface area (Å²) in [6.07, 6.45) is -0.217. The fourth-order valence-corrected chi connectivity index (χ4v) is 2.75. The molecule has 18 heavy (non-hydrogen) atoms. The Kier molecular flexibility index (Phi) is 3.99. The monoisotopic (exact) mass is 265 g/mol. The van der Waals surface area contributed by atoms with Crippen LogP contribution in [0.1, 0.15) is 22.1 Å². The van der Waals surface area contributed by atoms with Gasteiger partial charge in [-0.1, -0.05) is 6.07 Å². The molecule has 1 aromatic carbocycles. The van der Waals surface area contributed by atoms with Gasteiger partial charge >= 0.3 is 0 Å². The zero-order valence-corrected chi connectivity index (χ0v) is 11.3. The summed E-state index contributed by atoms with van der Waals surface area (Å²) in [5.41, 5.74) is 7.82. The van der Waals surface area contributed by atoms with Gasteiger partial charge in [0.2, 0.25) is 0 Å². The maximum atomic E-state index is 13.2. The van der Waals surface area contributed by atoms with Crippen LogP contribution in [0.5, 0.6) is 5.75 Å². The minimum Gasteiger partial charge on any atom is -0.483 e. The van der Waals surface area contributed by atoms with Gasteiger partial charge in [0.05, 0.1) is 0 Å². The molecule has 1 unspecified atom stereocenters. The van der Waals surface area contributed by atoms with Crippen LogP contribution in [0, 0.1) is 19.7 Å². The first kappa shape index (κ1) is 13.1. The fourth-order valence-electron chi connectivity index (χ4n) is 1.78. The second-order valence-electron chi connectivity index (χ2n) is 4.22. The lowest BCUT2D eigenvalue weighted by molar-refractivity contribution is 0.215. The third kappa shape index (κ3) is 2.71. The van der Waals surface area contributed by atoms with Gasteiger partial charge in [-0.2, -0.15) is 0 Å². The number of aryl methyl sites for hydroxylation is 2. The number of rotatable bonds is 4. The Morgan fingerprint density at radius 2 is 2.06 bits per heavy atom. The lowest BCUT2D eigenvalue weighted by Crippen LogP contribution is -2.18. The number of halogens is 1. The summed E-state index contributed by atoms with van der Waals surface area (Å²) in [5, 5.41) is 2.01. The Balaban J connectivity index is 2.26. The maximum absolute atomic E-state index is 13.2. The SMILES string of the molecule is Cc1ccc(F)cc1OC(CN)c1sccc1C. The first-order chi connectivity index (χ1) is 8.61. The van der Waals surface area contributed by atoms with Gasteiger partial charge in [0.1, 0.15) is 17.7 Å². The van der Waals surface area contributed by atoms with Crippen LogP contribution in [-0.2, 0) is 0 Å². The van der Waals surface area contributed by atoms with Gasteiger partial charge in [-0.15, -0.1) is 11.3 Å². The minimum absolute atomic E-state index is 0.217. The van der Waals surface area contributed by atoms with Crippen molar-refractivity contribution in [1.82, 2.24) is 0 Å². The Bertz CT molecular complexity index is 538. The van der Waals surface area contributed by atoms with Crippen LogP contribution in [0.15, 0.2) is 29.6 Å². The van der Waals surface area contributed by atoms with E-state index in [2.05, 4.69) is 0 Å². The third-order valence-electron chi connectivity index (χ3n) is 2.83. The number of ether oxygens (including phenoxy) is 1. The predicted octanol–water partition coefficient (Wildman–Crippen LogP) is 3.58. The Labute approximate surface area is 110 Å². The van der Waals surface area contributed by atoms with Crippen molar-refractivity contribution < 1.29 is 9.13 Å². The summed E-state index contributed by atoms with van der Waals surface area (Å²) in [6, 6.07) is 6.57. The molecule has 2 nitrogen and oxygen atoms in total. The summed E-state index contributed by atoms with van der Waals surface area (Å²) in [5.74, 6) is 0.257. The highest BCUT2D eigenvalue weighted by atomic mass is 32.1. The molecular formula is C14H16FNOS. The van der Waals surface area contributed by atoms with Gasteiger partial charge in [0.15, 0.2) is 0 Å². The van der Waals surface area contributed by atoms with E-state index >= 15 is 0 Å². The van der Waals surface area contributed by atoms with Crippen LogP contribution < -0.4 is 10.5 Å². The van der Waals surface area contributed by atoms with Crippen molar-refractivity contribution in [2.24, 2.45) is 5.73 Å². The lowest BCUT2D eigenvalue weighted by Gasteiger charge is -2.18. The highest BCUT2D eigenvalue weighted by molar-refractivity contribution is 7.10. The van der Waals surface area contributed by atoms with Crippen LogP contribution in [-0.4, -0.2) is 6.54 Å². The molecule has 1 heterocycles. The van der Waals surface area contributed by atoms with E-state index in [1.54, 1.807) is 17.4 Å². The van der Waals surface area contributed by atoms with Crippen LogP contribution in [0.4, 0.5) is 4.39 Å². The van der Waals surface area contributed by atoms with E-state index in [1.165, 1.54) is 12.1 Å². The average Bonchev–Trinajstić information content (AvgIpc) is 2.77. The number of hydrogen-bond donors (Lipinski definition) is 1. The molecule has 0 aliphatic carbocycles. The topological polar surface area (TPSA) is 35.2 Å². The highest BCUT2D eigenvalue weighted by Crippen LogP contribution is 2.29. The first-order valence-corrected chi connectivity index (χ1v) is 6.66. The van der Waals surface area contributed by atoms with Crippen LogP contribution >= 0.6 is 11.3 Å². The zero-order valence-electron chi connectivity index (χ0n) is 10.4. The highest BCUT2D eigenvalue weighted by Gasteiger charge is 2.16. The van der Waals surface area contributed by atoms with E-state index < -0.39 is 0 Å². The predicted molar refractivity (Wildman–Crippen MR) is 72.6 cm³/mol. The van der Waals surface area contributed by atoms with Gasteiger partial charge in [0, 0.05) is 17.5 Å². The fraction of sp³-hybridized carbons (Fsp3) is 0.286. The molecule has 1 atom stereocenters. The number of hydrogen-bond acceptors (Lipinski definition) is 3. The summed E-state index contributed by atoms with van der Waals surface area (Å²) in [7, 11) is 0. The molecule has 0 aliphatic rings. The van der Waals surface area contributed by atoms with Crippen molar-refractivity contribution in [2.45, 2.75) is 20.0 Å². The molecule has 2 rings (SSSR count). The van der Waals surface area contributed by atoms with Crippen molar-refractivity contribution in [3.63, 3.8) is 0 Å². The van der Waals surface area contributed by atoms with Crippen molar-refractivity contribution in [3.05, 3.63) is 51.5 Å². The summed E-state index contributed by atoms with van der Waals surface area (Å²) >= 11 is 1.61. The van der Waals surface area contributed by atoms with Crippen LogP contribution in [0.3, 0.4) is 0 Å². The number of benzene rings is 1.